The van der Waals surface area contributed by atoms with Gasteiger partial charge in [0.1, 0.15) is 5.82 Å². The zero-order valence-corrected chi connectivity index (χ0v) is 24.7. The summed E-state index contributed by atoms with van der Waals surface area (Å²) in [6, 6.07) is 36.8. The summed E-state index contributed by atoms with van der Waals surface area (Å²) in [5.74, 6) is 0.0891. The van der Waals surface area contributed by atoms with Gasteiger partial charge in [0, 0.05) is 11.5 Å². The summed E-state index contributed by atoms with van der Waals surface area (Å²) in [6.07, 6.45) is 13.9. The number of benzene rings is 5. The molecule has 1 heteroatoms. The first-order valence-corrected chi connectivity index (χ1v) is 15.0. The van der Waals surface area contributed by atoms with Crippen molar-refractivity contribution >= 4 is 17.7 Å². The van der Waals surface area contributed by atoms with Gasteiger partial charge in [-0.2, -0.15) is 0 Å². The van der Waals surface area contributed by atoms with Crippen LogP contribution in [0.5, 0.6) is 0 Å². The summed E-state index contributed by atoms with van der Waals surface area (Å²) < 4.78 is 14.6. The van der Waals surface area contributed by atoms with Gasteiger partial charge in [0.15, 0.2) is 0 Å². The van der Waals surface area contributed by atoms with Crippen molar-refractivity contribution in [3.8, 4) is 33.4 Å². The summed E-state index contributed by atoms with van der Waals surface area (Å²) >= 11 is 0. The van der Waals surface area contributed by atoms with E-state index in [1.54, 1.807) is 6.07 Å². The maximum atomic E-state index is 14.6. The first kappa shape index (κ1) is 28.1. The second-order valence-electron chi connectivity index (χ2n) is 11.0. The van der Waals surface area contributed by atoms with E-state index in [4.69, 9.17) is 0 Å². The van der Waals surface area contributed by atoms with E-state index in [0.29, 0.717) is 11.5 Å². The molecule has 1 aliphatic carbocycles. The van der Waals surface area contributed by atoms with Crippen LogP contribution in [0.4, 0.5) is 4.39 Å². The molecule has 5 aromatic carbocycles. The van der Waals surface area contributed by atoms with E-state index < -0.39 is 0 Å². The SMILES string of the molecule is C=C/C=C\c1ccc2c(c1CC)C(C)C=C(c1ccc(-c3ccc(-c4ccccc4-c4ccccc4F)cc3)cc1)C=C2. The second-order valence-corrected chi connectivity index (χ2v) is 11.0. The fraction of sp³-hybridized carbons (Fsp3) is 0.0952. The molecule has 1 unspecified atom stereocenters. The van der Waals surface area contributed by atoms with Gasteiger partial charge in [-0.15, -0.1) is 0 Å². The van der Waals surface area contributed by atoms with Gasteiger partial charge in [0.25, 0.3) is 0 Å². The van der Waals surface area contributed by atoms with Crippen molar-refractivity contribution in [1.82, 2.24) is 0 Å². The van der Waals surface area contributed by atoms with Gasteiger partial charge in [0.05, 0.1) is 0 Å². The minimum absolute atomic E-state index is 0.209. The molecule has 0 aromatic heterocycles. The molecule has 6 rings (SSSR count). The van der Waals surface area contributed by atoms with Crippen LogP contribution in [0.25, 0.3) is 51.1 Å². The fourth-order valence-corrected chi connectivity index (χ4v) is 6.23. The van der Waals surface area contributed by atoms with Crippen molar-refractivity contribution in [2.24, 2.45) is 0 Å². The predicted molar refractivity (Wildman–Crippen MR) is 183 cm³/mol. The normalized spacial score (nSPS) is 14.3. The highest BCUT2D eigenvalue weighted by molar-refractivity contribution is 5.86. The molecule has 5 aromatic rings. The molecule has 0 bridgehead atoms. The maximum absolute atomic E-state index is 14.6. The quantitative estimate of drug-likeness (QED) is 0.174. The van der Waals surface area contributed by atoms with Crippen LogP contribution in [0.15, 0.2) is 140 Å². The molecule has 0 N–H and O–H groups in total. The number of rotatable bonds is 7. The van der Waals surface area contributed by atoms with Crippen LogP contribution in [0, 0.1) is 5.82 Å². The molecule has 0 radical (unpaired) electrons. The molecule has 43 heavy (non-hydrogen) atoms. The molecule has 0 fully saturated rings. The third-order valence-electron chi connectivity index (χ3n) is 8.36. The lowest BCUT2D eigenvalue weighted by Gasteiger charge is -2.18. The molecule has 210 valence electrons. The van der Waals surface area contributed by atoms with Crippen molar-refractivity contribution in [3.63, 3.8) is 0 Å². The van der Waals surface area contributed by atoms with E-state index >= 15 is 0 Å². The molecule has 0 aliphatic heterocycles. The zero-order valence-electron chi connectivity index (χ0n) is 24.7. The Kier molecular flexibility index (Phi) is 8.16. The largest absolute Gasteiger partial charge is 0.206 e. The van der Waals surface area contributed by atoms with Gasteiger partial charge in [-0.1, -0.05) is 160 Å². The Balaban J connectivity index is 1.26. The van der Waals surface area contributed by atoms with Gasteiger partial charge in [-0.05, 0) is 73.7 Å². The van der Waals surface area contributed by atoms with Crippen LogP contribution in [-0.4, -0.2) is 0 Å². The van der Waals surface area contributed by atoms with Crippen molar-refractivity contribution in [1.29, 1.82) is 0 Å². The van der Waals surface area contributed by atoms with Crippen molar-refractivity contribution in [2.75, 3.05) is 0 Å². The van der Waals surface area contributed by atoms with E-state index in [1.807, 2.05) is 42.5 Å². The molecular formula is C42H35F. The average molecular weight is 559 g/mol. The molecule has 0 saturated heterocycles. The highest BCUT2D eigenvalue weighted by atomic mass is 19.1. The van der Waals surface area contributed by atoms with Gasteiger partial charge in [0.2, 0.25) is 0 Å². The Hall–Kier alpha value is -5.01. The standard InChI is InChI=1S/C42H35F/c1-4-6-11-33-24-25-35-26-27-36(28-29(3)42(35)37(33)5-2)32-18-16-30(17-19-32)31-20-22-34(23-21-31)38-12-7-8-13-39(38)40-14-9-10-15-41(40)43/h4,6-29H,1,5H2,2-3H3/b11-6-. The van der Waals surface area contributed by atoms with Crippen LogP contribution < -0.4 is 0 Å². The molecule has 1 atom stereocenters. The Morgan fingerprint density at radius 3 is 1.93 bits per heavy atom. The summed E-state index contributed by atoms with van der Waals surface area (Å²) in [4.78, 5) is 0. The summed E-state index contributed by atoms with van der Waals surface area (Å²) in [6.45, 7) is 8.37. The molecule has 0 nitrogen and oxygen atoms in total. The second kappa shape index (κ2) is 12.5. The van der Waals surface area contributed by atoms with E-state index in [-0.39, 0.29) is 5.82 Å². The molecule has 0 heterocycles. The molecule has 0 saturated carbocycles. The zero-order chi connectivity index (χ0) is 29.8. The Bertz CT molecular complexity index is 1860. The summed E-state index contributed by atoms with van der Waals surface area (Å²) in [7, 11) is 0. The van der Waals surface area contributed by atoms with Crippen LogP contribution in [0.3, 0.4) is 0 Å². The third-order valence-corrected chi connectivity index (χ3v) is 8.36. The number of halogens is 1. The number of hydrogen-bond acceptors (Lipinski definition) is 0. The molecule has 0 amide bonds. The van der Waals surface area contributed by atoms with E-state index in [9.17, 15) is 4.39 Å². The number of hydrogen-bond donors (Lipinski definition) is 0. The highest BCUT2D eigenvalue weighted by Gasteiger charge is 2.18. The first-order chi connectivity index (χ1) is 21.1. The average Bonchev–Trinajstić information content (AvgIpc) is 3.22. The molecular weight excluding hydrogens is 523 g/mol. The van der Waals surface area contributed by atoms with Crippen LogP contribution >= 0.6 is 0 Å². The molecule has 0 spiro atoms. The minimum Gasteiger partial charge on any atom is -0.206 e. The Morgan fingerprint density at radius 1 is 0.674 bits per heavy atom. The summed E-state index contributed by atoms with van der Waals surface area (Å²) in [5.41, 5.74) is 13.7. The monoisotopic (exact) mass is 558 g/mol. The lowest BCUT2D eigenvalue weighted by molar-refractivity contribution is 0.631. The Labute approximate surface area is 254 Å². The summed E-state index contributed by atoms with van der Waals surface area (Å²) in [5, 5.41) is 0. The smallest absolute Gasteiger partial charge is 0.131 e. The Morgan fingerprint density at radius 2 is 1.28 bits per heavy atom. The van der Waals surface area contributed by atoms with Gasteiger partial charge in [-0.3, -0.25) is 0 Å². The maximum Gasteiger partial charge on any atom is 0.131 e. The number of allylic oxidation sites excluding steroid dienone is 5. The highest BCUT2D eigenvalue weighted by Crippen LogP contribution is 2.37. The van der Waals surface area contributed by atoms with E-state index in [2.05, 4.69) is 111 Å². The van der Waals surface area contributed by atoms with Gasteiger partial charge < -0.3 is 0 Å². The fourth-order valence-electron chi connectivity index (χ4n) is 6.23. The van der Waals surface area contributed by atoms with Crippen LogP contribution in [-0.2, 0) is 6.42 Å². The topological polar surface area (TPSA) is 0 Å². The molecule has 1 aliphatic rings. The lowest BCUT2D eigenvalue weighted by Crippen LogP contribution is -2.02. The first-order valence-electron chi connectivity index (χ1n) is 15.0. The van der Waals surface area contributed by atoms with Crippen molar-refractivity contribution < 1.29 is 4.39 Å². The van der Waals surface area contributed by atoms with Gasteiger partial charge in [-0.25, -0.2) is 4.39 Å². The van der Waals surface area contributed by atoms with Crippen LogP contribution in [0.1, 0.15) is 47.6 Å². The van der Waals surface area contributed by atoms with Crippen molar-refractivity contribution in [3.05, 3.63) is 174 Å². The predicted octanol–water partition coefficient (Wildman–Crippen LogP) is 11.8. The number of fused-ring (bicyclic) bond motifs is 1. The van der Waals surface area contributed by atoms with Gasteiger partial charge >= 0.3 is 0 Å². The third kappa shape index (κ3) is 5.72. The lowest BCUT2D eigenvalue weighted by atomic mass is 9.86. The minimum atomic E-state index is -0.209. The van der Waals surface area contributed by atoms with Crippen molar-refractivity contribution in [2.45, 2.75) is 26.2 Å². The van der Waals surface area contributed by atoms with E-state index in [0.717, 1.165) is 28.7 Å². The van der Waals surface area contributed by atoms with Crippen LogP contribution in [0.2, 0.25) is 0 Å². The van der Waals surface area contributed by atoms with E-state index in [1.165, 1.54) is 45.0 Å².